The van der Waals surface area contributed by atoms with Gasteiger partial charge < -0.3 is 5.32 Å². The molecular formula is C28H30N2O3S. The summed E-state index contributed by atoms with van der Waals surface area (Å²) in [7, 11) is -3.56. The second kappa shape index (κ2) is 10.8. The number of sulfonamides is 1. The fraction of sp³-hybridized carbons (Fsp3) is 0.250. The SMILES string of the molecule is CCC1CCCCN1S(=O)(=O)c1ccc(NC(=O)/C(=C/c2ccccc2)c2ccccc2)cc1. The monoisotopic (exact) mass is 474 g/mol. The molecule has 0 spiro atoms. The van der Waals surface area contributed by atoms with Gasteiger partial charge in [-0.1, -0.05) is 74.0 Å². The highest BCUT2D eigenvalue weighted by molar-refractivity contribution is 7.89. The number of benzene rings is 3. The van der Waals surface area contributed by atoms with Gasteiger partial charge in [0.05, 0.1) is 4.90 Å². The zero-order chi connectivity index (χ0) is 24.0. The molecule has 1 aliphatic rings. The van der Waals surface area contributed by atoms with Crippen LogP contribution in [0.5, 0.6) is 0 Å². The standard InChI is InChI=1S/C28H30N2O3S/c1-2-25-15-9-10-20-30(25)34(32,33)26-18-16-24(17-19-26)29-28(31)27(23-13-7-4-8-14-23)21-22-11-5-3-6-12-22/h3-8,11-14,16-19,21,25H,2,9-10,15,20H2,1H3,(H,29,31)/b27-21+. The van der Waals surface area contributed by atoms with Crippen molar-refractivity contribution in [2.24, 2.45) is 0 Å². The number of anilines is 1. The second-order valence-electron chi connectivity index (χ2n) is 8.49. The van der Waals surface area contributed by atoms with E-state index in [0.717, 1.165) is 36.8 Å². The summed E-state index contributed by atoms with van der Waals surface area (Å²) in [5, 5.41) is 2.92. The van der Waals surface area contributed by atoms with Gasteiger partial charge >= 0.3 is 0 Å². The summed E-state index contributed by atoms with van der Waals surface area (Å²) < 4.78 is 28.1. The molecule has 3 aromatic carbocycles. The van der Waals surface area contributed by atoms with Crippen LogP contribution >= 0.6 is 0 Å². The number of piperidine rings is 1. The molecule has 0 aliphatic carbocycles. The molecule has 1 saturated heterocycles. The Labute approximate surface area is 202 Å². The van der Waals surface area contributed by atoms with Crippen LogP contribution in [0.25, 0.3) is 11.6 Å². The maximum Gasteiger partial charge on any atom is 0.256 e. The van der Waals surface area contributed by atoms with Crippen molar-refractivity contribution >= 4 is 33.3 Å². The quantitative estimate of drug-likeness (QED) is 0.347. The summed E-state index contributed by atoms with van der Waals surface area (Å²) in [5.41, 5.74) is 2.80. The average molecular weight is 475 g/mol. The average Bonchev–Trinajstić information content (AvgIpc) is 2.88. The molecule has 1 heterocycles. The molecule has 1 aliphatic heterocycles. The lowest BCUT2D eigenvalue weighted by Gasteiger charge is -2.34. The van der Waals surface area contributed by atoms with E-state index in [-0.39, 0.29) is 16.8 Å². The van der Waals surface area contributed by atoms with E-state index in [1.165, 1.54) is 0 Å². The van der Waals surface area contributed by atoms with Crippen molar-refractivity contribution in [3.05, 3.63) is 96.1 Å². The van der Waals surface area contributed by atoms with Crippen LogP contribution in [-0.4, -0.2) is 31.2 Å². The lowest BCUT2D eigenvalue weighted by Crippen LogP contribution is -2.43. The fourth-order valence-electron chi connectivity index (χ4n) is 4.36. The van der Waals surface area contributed by atoms with Crippen LogP contribution in [0.4, 0.5) is 5.69 Å². The highest BCUT2D eigenvalue weighted by atomic mass is 32.2. The normalized spacial score (nSPS) is 17.3. The number of hydrogen-bond donors (Lipinski definition) is 1. The van der Waals surface area contributed by atoms with Gasteiger partial charge in [0.15, 0.2) is 0 Å². The maximum atomic E-state index is 13.2. The van der Waals surface area contributed by atoms with E-state index in [0.29, 0.717) is 17.8 Å². The van der Waals surface area contributed by atoms with Gasteiger partial charge in [0.25, 0.3) is 5.91 Å². The van der Waals surface area contributed by atoms with Gasteiger partial charge in [-0.25, -0.2) is 8.42 Å². The molecule has 0 saturated carbocycles. The number of carbonyl (C=O) groups excluding carboxylic acids is 1. The summed E-state index contributed by atoms with van der Waals surface area (Å²) >= 11 is 0. The molecule has 5 nitrogen and oxygen atoms in total. The van der Waals surface area contributed by atoms with Crippen LogP contribution in [0.1, 0.15) is 43.7 Å². The maximum absolute atomic E-state index is 13.2. The first kappa shape index (κ1) is 23.9. The highest BCUT2D eigenvalue weighted by Gasteiger charge is 2.32. The van der Waals surface area contributed by atoms with E-state index in [4.69, 9.17) is 0 Å². The molecule has 1 fully saturated rings. The number of nitrogens with zero attached hydrogens (tertiary/aromatic N) is 1. The molecule has 34 heavy (non-hydrogen) atoms. The minimum atomic E-state index is -3.56. The van der Waals surface area contributed by atoms with Gasteiger partial charge in [-0.15, -0.1) is 0 Å². The van der Waals surface area contributed by atoms with Gasteiger partial charge in [-0.2, -0.15) is 4.31 Å². The van der Waals surface area contributed by atoms with Crippen molar-refractivity contribution in [2.75, 3.05) is 11.9 Å². The summed E-state index contributed by atoms with van der Waals surface area (Å²) in [6.45, 7) is 2.59. The molecule has 6 heteroatoms. The summed E-state index contributed by atoms with van der Waals surface area (Å²) in [6, 6.07) is 25.7. The van der Waals surface area contributed by atoms with Crippen LogP contribution < -0.4 is 5.32 Å². The third kappa shape index (κ3) is 5.46. The van der Waals surface area contributed by atoms with Crippen LogP contribution in [0.15, 0.2) is 89.8 Å². The van der Waals surface area contributed by atoms with Gasteiger partial charge in [-0.3, -0.25) is 4.79 Å². The first-order chi connectivity index (χ1) is 16.5. The van der Waals surface area contributed by atoms with Crippen molar-refractivity contribution in [2.45, 2.75) is 43.5 Å². The lowest BCUT2D eigenvalue weighted by atomic mass is 10.0. The third-order valence-corrected chi connectivity index (χ3v) is 8.17. The number of nitrogens with one attached hydrogen (secondary N) is 1. The Morgan fingerprint density at radius 2 is 1.59 bits per heavy atom. The van der Waals surface area contributed by atoms with E-state index in [2.05, 4.69) is 5.32 Å². The van der Waals surface area contributed by atoms with Gasteiger partial charge in [0, 0.05) is 23.8 Å². The van der Waals surface area contributed by atoms with Crippen LogP contribution in [0.2, 0.25) is 0 Å². The number of carbonyl (C=O) groups is 1. The first-order valence-electron chi connectivity index (χ1n) is 11.7. The molecular weight excluding hydrogens is 444 g/mol. The molecule has 1 atom stereocenters. The third-order valence-electron chi connectivity index (χ3n) is 6.20. The van der Waals surface area contributed by atoms with E-state index >= 15 is 0 Å². The minimum Gasteiger partial charge on any atom is -0.322 e. The molecule has 1 unspecified atom stereocenters. The number of rotatable bonds is 7. The molecule has 4 rings (SSSR count). The van der Waals surface area contributed by atoms with Crippen LogP contribution in [0, 0.1) is 0 Å². The second-order valence-corrected chi connectivity index (χ2v) is 10.4. The zero-order valence-electron chi connectivity index (χ0n) is 19.4. The predicted molar refractivity (Wildman–Crippen MR) is 138 cm³/mol. The van der Waals surface area contributed by atoms with Crippen molar-refractivity contribution in [3.8, 4) is 0 Å². The van der Waals surface area contributed by atoms with Crippen LogP contribution in [0.3, 0.4) is 0 Å². The van der Waals surface area contributed by atoms with E-state index in [9.17, 15) is 13.2 Å². The largest absolute Gasteiger partial charge is 0.322 e. The number of amides is 1. The van der Waals surface area contributed by atoms with Crippen molar-refractivity contribution in [3.63, 3.8) is 0 Å². The first-order valence-corrected chi connectivity index (χ1v) is 13.2. The van der Waals surface area contributed by atoms with Gasteiger partial charge in [-0.05, 0) is 60.7 Å². The Hall–Kier alpha value is -3.22. The minimum absolute atomic E-state index is 0.0506. The molecule has 176 valence electrons. The number of hydrogen-bond acceptors (Lipinski definition) is 3. The van der Waals surface area contributed by atoms with E-state index in [1.807, 2.05) is 73.7 Å². The predicted octanol–water partition coefficient (Wildman–Crippen LogP) is 5.82. The Morgan fingerprint density at radius 3 is 2.24 bits per heavy atom. The molecule has 0 aromatic heterocycles. The zero-order valence-corrected chi connectivity index (χ0v) is 20.2. The van der Waals surface area contributed by atoms with Crippen molar-refractivity contribution in [1.29, 1.82) is 0 Å². The van der Waals surface area contributed by atoms with E-state index in [1.54, 1.807) is 28.6 Å². The van der Waals surface area contributed by atoms with Gasteiger partial charge in [0.1, 0.15) is 0 Å². The summed E-state index contributed by atoms with van der Waals surface area (Å²) in [4.78, 5) is 13.5. The Bertz CT molecular complexity index is 1240. The van der Waals surface area contributed by atoms with Crippen molar-refractivity contribution < 1.29 is 13.2 Å². The smallest absolute Gasteiger partial charge is 0.256 e. The van der Waals surface area contributed by atoms with Crippen molar-refractivity contribution in [1.82, 2.24) is 4.31 Å². The Kier molecular flexibility index (Phi) is 7.60. The topological polar surface area (TPSA) is 66.5 Å². The lowest BCUT2D eigenvalue weighted by molar-refractivity contribution is -0.111. The molecule has 1 N–H and O–H groups in total. The van der Waals surface area contributed by atoms with E-state index < -0.39 is 10.0 Å². The molecule has 3 aromatic rings. The molecule has 1 amide bonds. The highest BCUT2D eigenvalue weighted by Crippen LogP contribution is 2.28. The van der Waals surface area contributed by atoms with Gasteiger partial charge in [0.2, 0.25) is 10.0 Å². The molecule has 0 bridgehead atoms. The molecule has 0 radical (unpaired) electrons. The summed E-state index contributed by atoms with van der Waals surface area (Å²) in [6.07, 6.45) is 5.52. The summed E-state index contributed by atoms with van der Waals surface area (Å²) in [5.74, 6) is -0.257. The van der Waals surface area contributed by atoms with Crippen LogP contribution in [-0.2, 0) is 14.8 Å². The Morgan fingerprint density at radius 1 is 0.941 bits per heavy atom. The Balaban J connectivity index is 1.56. The fourth-order valence-corrected chi connectivity index (χ4v) is 6.12.